The minimum absolute atomic E-state index is 0.0953. The van der Waals surface area contributed by atoms with Gasteiger partial charge in [0.2, 0.25) is 0 Å². The van der Waals surface area contributed by atoms with E-state index in [1.54, 1.807) is 11.7 Å². The van der Waals surface area contributed by atoms with Crippen LogP contribution in [0, 0.1) is 11.3 Å². The standard InChI is InChI=1S/C12H15NO3S/c14-11(15)12(5-9-6-13-7-17-9)3-4-16-10(12)8-1-2-8/h6-8,10H,1-5H2,(H,14,15). The number of aliphatic carboxylic acids is 1. The molecule has 0 amide bonds. The summed E-state index contributed by atoms with van der Waals surface area (Å²) in [7, 11) is 0. The molecule has 2 fully saturated rings. The van der Waals surface area contributed by atoms with E-state index in [1.807, 2.05) is 0 Å². The molecule has 1 aromatic heterocycles. The van der Waals surface area contributed by atoms with Crippen molar-refractivity contribution in [3.63, 3.8) is 0 Å². The molecule has 1 aliphatic carbocycles. The summed E-state index contributed by atoms with van der Waals surface area (Å²) in [4.78, 5) is 16.8. The number of thiazole rings is 1. The molecule has 0 aromatic carbocycles. The Morgan fingerprint density at radius 3 is 3.06 bits per heavy atom. The normalized spacial score (nSPS) is 32.8. The largest absolute Gasteiger partial charge is 0.481 e. The lowest BCUT2D eigenvalue weighted by atomic mass is 9.76. The molecular weight excluding hydrogens is 238 g/mol. The zero-order chi connectivity index (χ0) is 11.9. The van der Waals surface area contributed by atoms with E-state index < -0.39 is 11.4 Å². The predicted octanol–water partition coefficient (Wildman–Crippen LogP) is 1.96. The summed E-state index contributed by atoms with van der Waals surface area (Å²) in [5.74, 6) is -0.248. The topological polar surface area (TPSA) is 59.4 Å². The molecule has 1 saturated heterocycles. The lowest BCUT2D eigenvalue weighted by molar-refractivity contribution is -0.153. The molecular formula is C12H15NO3S. The van der Waals surface area contributed by atoms with Crippen LogP contribution in [-0.2, 0) is 16.0 Å². The molecule has 1 aliphatic heterocycles. The van der Waals surface area contributed by atoms with Crippen LogP contribution in [-0.4, -0.2) is 28.8 Å². The summed E-state index contributed by atoms with van der Waals surface area (Å²) in [6.07, 6.45) is 5.10. The van der Waals surface area contributed by atoms with Crippen molar-refractivity contribution < 1.29 is 14.6 Å². The molecule has 2 unspecified atom stereocenters. The Morgan fingerprint density at radius 1 is 1.65 bits per heavy atom. The molecule has 2 aliphatic rings. The van der Waals surface area contributed by atoms with Crippen molar-refractivity contribution in [1.82, 2.24) is 4.98 Å². The van der Waals surface area contributed by atoms with Gasteiger partial charge in [-0.1, -0.05) is 0 Å². The van der Waals surface area contributed by atoms with Crippen molar-refractivity contribution in [1.29, 1.82) is 0 Å². The van der Waals surface area contributed by atoms with Gasteiger partial charge in [0.25, 0.3) is 0 Å². The van der Waals surface area contributed by atoms with Crippen molar-refractivity contribution in [3.05, 3.63) is 16.6 Å². The van der Waals surface area contributed by atoms with E-state index in [2.05, 4.69) is 4.98 Å². The number of rotatable bonds is 4. The summed E-state index contributed by atoms with van der Waals surface area (Å²) in [5, 5.41) is 9.61. The minimum atomic E-state index is -0.715. The van der Waals surface area contributed by atoms with Crippen molar-refractivity contribution in [2.45, 2.75) is 31.8 Å². The van der Waals surface area contributed by atoms with E-state index in [4.69, 9.17) is 4.74 Å². The smallest absolute Gasteiger partial charge is 0.312 e. The fraction of sp³-hybridized carbons (Fsp3) is 0.667. The van der Waals surface area contributed by atoms with Crippen LogP contribution in [0.3, 0.4) is 0 Å². The van der Waals surface area contributed by atoms with Crippen LogP contribution >= 0.6 is 11.3 Å². The van der Waals surface area contributed by atoms with Crippen LogP contribution in [0.25, 0.3) is 0 Å². The number of ether oxygens (including phenoxy) is 1. The van der Waals surface area contributed by atoms with Crippen LogP contribution in [0.4, 0.5) is 0 Å². The van der Waals surface area contributed by atoms with E-state index in [0.29, 0.717) is 25.4 Å². The molecule has 2 heterocycles. The molecule has 0 bridgehead atoms. The van der Waals surface area contributed by atoms with Crippen LogP contribution in [0.5, 0.6) is 0 Å². The molecule has 4 nitrogen and oxygen atoms in total. The highest BCUT2D eigenvalue weighted by Gasteiger charge is 2.55. The highest BCUT2D eigenvalue weighted by Crippen LogP contribution is 2.49. The highest BCUT2D eigenvalue weighted by molar-refractivity contribution is 7.09. The minimum Gasteiger partial charge on any atom is -0.481 e. The zero-order valence-electron chi connectivity index (χ0n) is 9.46. The molecule has 92 valence electrons. The van der Waals surface area contributed by atoms with Gasteiger partial charge in [-0.2, -0.15) is 0 Å². The summed E-state index contributed by atoms with van der Waals surface area (Å²) in [6, 6.07) is 0. The van der Waals surface area contributed by atoms with E-state index >= 15 is 0 Å². The first kappa shape index (κ1) is 11.2. The number of hydrogen-bond donors (Lipinski definition) is 1. The lowest BCUT2D eigenvalue weighted by Gasteiger charge is -2.29. The summed E-state index contributed by atoms with van der Waals surface area (Å²) in [6.45, 7) is 0.576. The predicted molar refractivity (Wildman–Crippen MR) is 63.0 cm³/mol. The Morgan fingerprint density at radius 2 is 2.47 bits per heavy atom. The number of carbonyl (C=O) groups is 1. The maximum atomic E-state index is 11.7. The monoisotopic (exact) mass is 253 g/mol. The number of hydrogen-bond acceptors (Lipinski definition) is 4. The SMILES string of the molecule is O=C(O)C1(Cc2cncs2)CCOC1C1CC1. The van der Waals surface area contributed by atoms with Crippen LogP contribution in [0.15, 0.2) is 11.7 Å². The van der Waals surface area contributed by atoms with E-state index in [-0.39, 0.29) is 6.10 Å². The molecule has 0 spiro atoms. The second kappa shape index (κ2) is 4.07. The average Bonchev–Trinajstić information content (AvgIpc) is 2.86. The maximum Gasteiger partial charge on any atom is 0.312 e. The fourth-order valence-corrected chi connectivity index (χ4v) is 3.51. The third-order valence-electron chi connectivity index (χ3n) is 3.84. The van der Waals surface area contributed by atoms with Gasteiger partial charge >= 0.3 is 5.97 Å². The quantitative estimate of drug-likeness (QED) is 0.891. The van der Waals surface area contributed by atoms with Gasteiger partial charge in [0.1, 0.15) is 5.41 Å². The van der Waals surface area contributed by atoms with E-state index in [0.717, 1.165) is 17.7 Å². The van der Waals surface area contributed by atoms with Gasteiger partial charge in [-0.05, 0) is 25.2 Å². The highest BCUT2D eigenvalue weighted by atomic mass is 32.1. The van der Waals surface area contributed by atoms with Gasteiger partial charge < -0.3 is 9.84 Å². The Labute approximate surface area is 104 Å². The fourth-order valence-electron chi connectivity index (χ4n) is 2.79. The van der Waals surface area contributed by atoms with Gasteiger partial charge in [-0.3, -0.25) is 9.78 Å². The summed E-state index contributed by atoms with van der Waals surface area (Å²) in [5.41, 5.74) is 1.04. The Bertz CT molecular complexity index is 415. The first-order valence-corrected chi connectivity index (χ1v) is 6.83. The number of nitrogens with zero attached hydrogens (tertiary/aromatic N) is 1. The zero-order valence-corrected chi connectivity index (χ0v) is 10.3. The Balaban J connectivity index is 1.88. The molecule has 1 aromatic rings. The van der Waals surface area contributed by atoms with Gasteiger partial charge in [-0.25, -0.2) is 0 Å². The molecule has 5 heteroatoms. The van der Waals surface area contributed by atoms with Crippen LogP contribution in [0.1, 0.15) is 24.1 Å². The molecule has 1 saturated carbocycles. The molecule has 17 heavy (non-hydrogen) atoms. The molecule has 0 radical (unpaired) electrons. The molecule has 3 rings (SSSR count). The molecule has 2 atom stereocenters. The number of aromatic nitrogens is 1. The first-order chi connectivity index (χ1) is 8.22. The van der Waals surface area contributed by atoms with Gasteiger partial charge in [0, 0.05) is 24.1 Å². The Hall–Kier alpha value is -0.940. The second-order valence-corrected chi connectivity index (χ2v) is 5.96. The maximum absolute atomic E-state index is 11.7. The van der Waals surface area contributed by atoms with Crippen molar-refractivity contribution in [2.75, 3.05) is 6.61 Å². The Kier molecular flexibility index (Phi) is 2.67. The van der Waals surface area contributed by atoms with Crippen molar-refractivity contribution in [3.8, 4) is 0 Å². The summed E-state index contributed by atoms with van der Waals surface area (Å²) < 4.78 is 5.71. The van der Waals surface area contributed by atoms with E-state index in [1.165, 1.54) is 11.3 Å². The number of carboxylic acids is 1. The van der Waals surface area contributed by atoms with Crippen molar-refractivity contribution >= 4 is 17.3 Å². The van der Waals surface area contributed by atoms with Crippen molar-refractivity contribution in [2.24, 2.45) is 11.3 Å². The van der Waals surface area contributed by atoms with Crippen LogP contribution < -0.4 is 0 Å². The van der Waals surface area contributed by atoms with Gasteiger partial charge in [0.05, 0.1) is 11.6 Å². The summed E-state index contributed by atoms with van der Waals surface area (Å²) >= 11 is 1.53. The van der Waals surface area contributed by atoms with Gasteiger partial charge in [0.15, 0.2) is 0 Å². The van der Waals surface area contributed by atoms with Gasteiger partial charge in [-0.15, -0.1) is 11.3 Å². The van der Waals surface area contributed by atoms with Crippen LogP contribution in [0.2, 0.25) is 0 Å². The molecule has 1 N–H and O–H groups in total. The third-order valence-corrected chi connectivity index (χ3v) is 4.62. The second-order valence-electron chi connectivity index (χ2n) is 4.98. The van der Waals surface area contributed by atoms with E-state index in [9.17, 15) is 9.90 Å². The third kappa shape index (κ3) is 1.87. The average molecular weight is 253 g/mol. The first-order valence-electron chi connectivity index (χ1n) is 5.95. The lowest BCUT2D eigenvalue weighted by Crippen LogP contribution is -2.42. The number of carboxylic acid groups (broad SMARTS) is 1.